The van der Waals surface area contributed by atoms with Gasteiger partial charge in [0.2, 0.25) is 5.91 Å². The van der Waals surface area contributed by atoms with E-state index >= 15 is 0 Å². The molecule has 4 rings (SSSR count). The molecule has 1 unspecified atom stereocenters. The summed E-state index contributed by atoms with van der Waals surface area (Å²) in [5.74, 6) is 0.936. The lowest BCUT2D eigenvalue weighted by Crippen LogP contribution is -2.45. The minimum absolute atomic E-state index is 0.0228. The van der Waals surface area contributed by atoms with E-state index < -0.39 is 6.04 Å². The molecule has 1 saturated heterocycles. The van der Waals surface area contributed by atoms with Crippen molar-refractivity contribution in [2.75, 3.05) is 19.7 Å². The summed E-state index contributed by atoms with van der Waals surface area (Å²) in [5.41, 5.74) is 0.749. The number of halogens is 1. The highest BCUT2D eigenvalue weighted by molar-refractivity contribution is 5.80. The number of rotatable bonds is 7. The predicted octanol–water partition coefficient (Wildman–Crippen LogP) is 3.49. The first kappa shape index (κ1) is 21.9. The van der Waals surface area contributed by atoms with Gasteiger partial charge in [-0.1, -0.05) is 31.4 Å². The van der Waals surface area contributed by atoms with Crippen LogP contribution in [0, 0.1) is 18.7 Å². The second-order valence-electron chi connectivity index (χ2n) is 8.88. The highest BCUT2D eigenvalue weighted by atomic mass is 19.1. The number of benzene rings is 1. The number of carbonyl (C=O) groups is 1. The van der Waals surface area contributed by atoms with Crippen molar-refractivity contribution in [3.63, 3.8) is 0 Å². The Morgan fingerprint density at radius 2 is 1.97 bits per heavy atom. The molecule has 0 radical (unpaired) electrons. The lowest BCUT2D eigenvalue weighted by atomic mass is 9.90. The smallest absolute Gasteiger partial charge is 0.247 e. The van der Waals surface area contributed by atoms with Crippen molar-refractivity contribution < 1.29 is 13.9 Å². The number of hydrogen-bond donors (Lipinski definition) is 0. The van der Waals surface area contributed by atoms with E-state index in [1.165, 1.54) is 44.2 Å². The van der Waals surface area contributed by atoms with Crippen LogP contribution >= 0.6 is 0 Å². The minimum Gasteiger partial charge on any atom is -0.378 e. The molecule has 1 aromatic carbocycles. The minimum atomic E-state index is -0.587. The molecular weight excluding hydrogens is 397 g/mol. The summed E-state index contributed by atoms with van der Waals surface area (Å²) in [4.78, 5) is 15.3. The van der Waals surface area contributed by atoms with Crippen LogP contribution in [0.2, 0.25) is 0 Å². The summed E-state index contributed by atoms with van der Waals surface area (Å²) in [5, 5.41) is 11.7. The highest BCUT2D eigenvalue weighted by Gasteiger charge is 2.32. The molecule has 2 aliphatic rings. The topological polar surface area (TPSA) is 73.1 Å². The Hall–Kier alpha value is -2.35. The Morgan fingerprint density at radius 1 is 1.19 bits per heavy atom. The van der Waals surface area contributed by atoms with E-state index in [-0.39, 0.29) is 17.8 Å². The first-order valence-corrected chi connectivity index (χ1v) is 11.5. The highest BCUT2D eigenvalue weighted by Crippen LogP contribution is 2.26. The zero-order valence-electron chi connectivity index (χ0n) is 18.3. The van der Waals surface area contributed by atoms with Crippen molar-refractivity contribution >= 4 is 5.91 Å². The number of aryl methyl sites for hydroxylation is 1. The molecule has 1 atom stereocenters. The third-order valence-corrected chi connectivity index (χ3v) is 6.60. The monoisotopic (exact) mass is 429 g/mol. The van der Waals surface area contributed by atoms with E-state index in [9.17, 15) is 9.18 Å². The number of aromatic nitrogens is 4. The Bertz CT molecular complexity index is 859. The van der Waals surface area contributed by atoms with Gasteiger partial charge >= 0.3 is 0 Å². The molecule has 2 heterocycles. The molecule has 0 N–H and O–H groups in total. The molecule has 1 aliphatic carbocycles. The molecule has 1 amide bonds. The van der Waals surface area contributed by atoms with E-state index in [0.717, 1.165) is 25.0 Å². The van der Waals surface area contributed by atoms with Gasteiger partial charge in [-0.2, -0.15) is 0 Å². The molecule has 2 aromatic rings. The Labute approximate surface area is 182 Å². The van der Waals surface area contributed by atoms with Crippen LogP contribution in [0.1, 0.15) is 62.4 Å². The molecule has 1 aromatic heterocycles. The number of likely N-dealkylation sites (tertiary alicyclic amines) is 1. The molecule has 0 spiro atoms. The number of nitrogens with zero attached hydrogens (tertiary/aromatic N) is 5. The van der Waals surface area contributed by atoms with Crippen LogP contribution in [-0.2, 0) is 16.0 Å². The van der Waals surface area contributed by atoms with Gasteiger partial charge in [0.05, 0.1) is 6.10 Å². The Kier molecular flexibility index (Phi) is 7.27. The van der Waals surface area contributed by atoms with Crippen molar-refractivity contribution in [1.82, 2.24) is 25.1 Å². The lowest BCUT2D eigenvalue weighted by Gasteiger charge is -2.35. The van der Waals surface area contributed by atoms with Crippen LogP contribution in [0.3, 0.4) is 0 Å². The van der Waals surface area contributed by atoms with Gasteiger partial charge in [0.1, 0.15) is 17.7 Å². The van der Waals surface area contributed by atoms with Crippen molar-refractivity contribution in [2.45, 2.75) is 70.4 Å². The summed E-state index contributed by atoms with van der Waals surface area (Å²) < 4.78 is 21.4. The zero-order chi connectivity index (χ0) is 21.6. The molecule has 31 heavy (non-hydrogen) atoms. The summed E-state index contributed by atoms with van der Waals surface area (Å²) >= 11 is 0. The van der Waals surface area contributed by atoms with Gasteiger partial charge in [-0.3, -0.25) is 4.79 Å². The molecule has 1 saturated carbocycles. The van der Waals surface area contributed by atoms with Gasteiger partial charge in [-0.05, 0) is 66.6 Å². The van der Waals surface area contributed by atoms with Gasteiger partial charge < -0.3 is 9.64 Å². The van der Waals surface area contributed by atoms with Crippen LogP contribution in [0.4, 0.5) is 4.39 Å². The third kappa shape index (κ3) is 5.67. The molecule has 168 valence electrons. The van der Waals surface area contributed by atoms with Gasteiger partial charge in [0.25, 0.3) is 0 Å². The van der Waals surface area contributed by atoms with Crippen LogP contribution < -0.4 is 0 Å². The molecule has 7 nitrogen and oxygen atoms in total. The van der Waals surface area contributed by atoms with E-state index in [1.807, 2.05) is 11.0 Å². The van der Waals surface area contributed by atoms with Crippen LogP contribution in [0.5, 0.6) is 0 Å². The molecule has 8 heteroatoms. The summed E-state index contributed by atoms with van der Waals surface area (Å²) in [6.07, 6.45) is 8.83. The number of tetrazole rings is 1. The summed E-state index contributed by atoms with van der Waals surface area (Å²) in [6.45, 7) is 3.95. The third-order valence-electron chi connectivity index (χ3n) is 6.60. The summed E-state index contributed by atoms with van der Waals surface area (Å²) in [6, 6.07) is 5.77. The Balaban J connectivity index is 1.36. The normalized spacial score (nSPS) is 19.5. The lowest BCUT2D eigenvalue weighted by molar-refractivity contribution is -0.138. The second-order valence-corrected chi connectivity index (χ2v) is 8.88. The maximum atomic E-state index is 13.7. The molecule has 1 aliphatic heterocycles. The van der Waals surface area contributed by atoms with Crippen molar-refractivity contribution in [2.24, 2.45) is 5.92 Å². The van der Waals surface area contributed by atoms with E-state index in [2.05, 4.69) is 15.5 Å². The molecular formula is C23H32FN5O2. The fraction of sp³-hybridized carbons (Fsp3) is 0.652. The fourth-order valence-electron chi connectivity index (χ4n) is 4.77. The summed E-state index contributed by atoms with van der Waals surface area (Å²) in [7, 11) is 0. The van der Waals surface area contributed by atoms with Gasteiger partial charge in [0, 0.05) is 26.1 Å². The first-order valence-electron chi connectivity index (χ1n) is 11.5. The number of amides is 1. The number of carbonyl (C=O) groups excluding carboxylic acids is 1. The maximum Gasteiger partial charge on any atom is 0.247 e. The number of ether oxygens (including phenoxy) is 1. The SMILES string of the molecule is Cc1nnnn1C(Cc1cccc(F)c1)C(=O)N1CCC(OCC2CCCCC2)CC1. The maximum absolute atomic E-state index is 13.7. The van der Waals surface area contributed by atoms with Crippen LogP contribution in [-0.4, -0.2) is 56.8 Å². The predicted molar refractivity (Wildman–Crippen MR) is 114 cm³/mol. The standard InChI is InChI=1S/C23H32FN5O2/c1-17-25-26-27-29(17)22(15-19-8-5-9-20(24)14-19)23(30)28-12-10-21(11-13-28)31-16-18-6-3-2-4-7-18/h5,8-9,14,18,21-22H,2-4,6-7,10-13,15-16H2,1H3. The molecule has 2 fully saturated rings. The quantitative estimate of drug-likeness (QED) is 0.674. The fourth-order valence-corrected chi connectivity index (χ4v) is 4.77. The van der Waals surface area contributed by atoms with Crippen LogP contribution in [0.15, 0.2) is 24.3 Å². The number of piperidine rings is 1. The Morgan fingerprint density at radius 3 is 2.65 bits per heavy atom. The van der Waals surface area contributed by atoms with Gasteiger partial charge in [0.15, 0.2) is 0 Å². The molecule has 0 bridgehead atoms. The second kappa shape index (κ2) is 10.3. The van der Waals surface area contributed by atoms with E-state index in [4.69, 9.17) is 4.74 Å². The largest absolute Gasteiger partial charge is 0.378 e. The van der Waals surface area contributed by atoms with Crippen molar-refractivity contribution in [3.05, 3.63) is 41.5 Å². The average Bonchev–Trinajstić information content (AvgIpc) is 3.22. The van der Waals surface area contributed by atoms with Gasteiger partial charge in [-0.15, -0.1) is 5.10 Å². The number of hydrogen-bond acceptors (Lipinski definition) is 5. The van der Waals surface area contributed by atoms with E-state index in [0.29, 0.717) is 31.3 Å². The van der Waals surface area contributed by atoms with Crippen molar-refractivity contribution in [3.8, 4) is 0 Å². The zero-order valence-corrected chi connectivity index (χ0v) is 18.3. The average molecular weight is 430 g/mol. The van der Waals surface area contributed by atoms with Gasteiger partial charge in [-0.25, -0.2) is 9.07 Å². The van der Waals surface area contributed by atoms with E-state index in [1.54, 1.807) is 17.7 Å². The van der Waals surface area contributed by atoms with Crippen LogP contribution in [0.25, 0.3) is 0 Å². The first-order chi connectivity index (χ1) is 15.1. The van der Waals surface area contributed by atoms with Crippen molar-refractivity contribution in [1.29, 1.82) is 0 Å².